The van der Waals surface area contributed by atoms with Gasteiger partial charge >= 0.3 is 0 Å². The monoisotopic (exact) mass is 595 g/mol. The number of benzene rings is 3. The average molecular weight is 596 g/mol. The lowest BCUT2D eigenvalue weighted by molar-refractivity contribution is -0.140. The molecule has 0 aliphatic rings. The fraction of sp³-hybridized carbons (Fsp3) is 0.375. The number of amides is 2. The van der Waals surface area contributed by atoms with Gasteiger partial charge in [0.15, 0.2) is 11.5 Å². The number of aryl methyl sites for hydroxylation is 1. The number of ether oxygens (including phenoxy) is 2. The van der Waals surface area contributed by atoms with E-state index in [9.17, 15) is 18.0 Å². The van der Waals surface area contributed by atoms with Gasteiger partial charge in [-0.15, -0.1) is 0 Å². The normalized spacial score (nSPS) is 12.6. The third-order valence-corrected chi connectivity index (χ3v) is 8.90. The first-order chi connectivity index (χ1) is 20.0. The molecule has 0 radical (unpaired) electrons. The molecular formula is C32H41N3O6S. The van der Waals surface area contributed by atoms with E-state index in [0.717, 1.165) is 21.9 Å². The Hall–Kier alpha value is -4.05. The lowest BCUT2D eigenvalue weighted by Crippen LogP contribution is -2.53. The van der Waals surface area contributed by atoms with Gasteiger partial charge in [-0.25, -0.2) is 8.42 Å². The van der Waals surface area contributed by atoms with Gasteiger partial charge in [0, 0.05) is 18.7 Å². The largest absolute Gasteiger partial charge is 0.493 e. The van der Waals surface area contributed by atoms with Crippen molar-refractivity contribution < 1.29 is 27.5 Å². The Kier molecular flexibility index (Phi) is 11.4. The Balaban J connectivity index is 2.08. The number of nitrogens with zero attached hydrogens (tertiary/aromatic N) is 2. The molecule has 226 valence electrons. The number of hydrogen-bond donors (Lipinski definition) is 1. The summed E-state index contributed by atoms with van der Waals surface area (Å²) in [5.41, 5.74) is 2.08. The van der Waals surface area contributed by atoms with Gasteiger partial charge < -0.3 is 19.7 Å². The van der Waals surface area contributed by atoms with Crippen LogP contribution in [-0.4, -0.2) is 58.0 Å². The van der Waals surface area contributed by atoms with Crippen molar-refractivity contribution in [2.75, 3.05) is 25.1 Å². The van der Waals surface area contributed by atoms with Crippen molar-refractivity contribution in [2.45, 2.75) is 64.1 Å². The van der Waals surface area contributed by atoms with Crippen molar-refractivity contribution in [3.63, 3.8) is 0 Å². The summed E-state index contributed by atoms with van der Waals surface area (Å²) >= 11 is 0. The van der Waals surface area contributed by atoms with E-state index in [1.807, 2.05) is 58.0 Å². The van der Waals surface area contributed by atoms with Crippen LogP contribution in [0, 0.1) is 6.92 Å². The number of hydrogen-bond acceptors (Lipinski definition) is 6. The second-order valence-corrected chi connectivity index (χ2v) is 12.0. The summed E-state index contributed by atoms with van der Waals surface area (Å²) in [6.45, 7) is 7.24. The Labute approximate surface area is 249 Å². The number of anilines is 1. The highest BCUT2D eigenvalue weighted by Gasteiger charge is 2.34. The van der Waals surface area contributed by atoms with Gasteiger partial charge in [0.1, 0.15) is 12.6 Å². The predicted octanol–water partition coefficient (Wildman–Crippen LogP) is 4.93. The Bertz CT molecular complexity index is 1440. The molecule has 1 N–H and O–H groups in total. The van der Waals surface area contributed by atoms with Gasteiger partial charge in [-0.05, 0) is 56.5 Å². The van der Waals surface area contributed by atoms with Crippen molar-refractivity contribution in [3.05, 3.63) is 83.9 Å². The molecule has 2 amide bonds. The molecule has 0 spiro atoms. The van der Waals surface area contributed by atoms with Crippen LogP contribution in [0.5, 0.6) is 11.5 Å². The SMILES string of the molecule is CC[C@@H](C)NC(=O)[C@H](CC)N(Cc1ccccc1)C(=O)CN(c1ccc(C)cc1)S(=O)(=O)c1ccc(OC)c(OC)c1. The van der Waals surface area contributed by atoms with Gasteiger partial charge in [-0.3, -0.25) is 13.9 Å². The lowest BCUT2D eigenvalue weighted by atomic mass is 10.1. The van der Waals surface area contributed by atoms with Crippen LogP contribution < -0.4 is 19.1 Å². The standard InChI is InChI=1S/C32H41N3O6S/c1-7-24(4)33-32(37)28(8-2)34(21-25-12-10-9-11-13-25)31(36)22-35(26-16-14-23(3)15-17-26)42(38,39)27-18-19-29(40-5)30(20-27)41-6/h9-20,24,28H,7-8,21-22H2,1-6H3,(H,33,37)/t24-,28+/m1/s1. The minimum Gasteiger partial charge on any atom is -0.493 e. The summed E-state index contributed by atoms with van der Waals surface area (Å²) in [5, 5.41) is 2.98. The molecule has 0 aromatic heterocycles. The molecule has 0 unspecified atom stereocenters. The van der Waals surface area contributed by atoms with E-state index in [-0.39, 0.29) is 29.1 Å². The second kappa shape index (κ2) is 14.7. The van der Waals surface area contributed by atoms with Crippen molar-refractivity contribution >= 4 is 27.5 Å². The lowest BCUT2D eigenvalue weighted by Gasteiger charge is -2.33. The summed E-state index contributed by atoms with van der Waals surface area (Å²) in [6, 6.07) is 19.7. The fourth-order valence-corrected chi connectivity index (χ4v) is 5.91. The molecule has 3 rings (SSSR count). The molecule has 10 heteroatoms. The first kappa shape index (κ1) is 32.5. The van der Waals surface area contributed by atoms with E-state index in [0.29, 0.717) is 17.9 Å². The Morgan fingerprint density at radius 2 is 1.52 bits per heavy atom. The molecule has 0 aliphatic heterocycles. The number of carbonyl (C=O) groups is 2. The number of carbonyl (C=O) groups excluding carboxylic acids is 2. The summed E-state index contributed by atoms with van der Waals surface area (Å²) in [4.78, 5) is 28.9. The molecule has 0 aliphatic carbocycles. The number of sulfonamides is 1. The molecule has 0 saturated heterocycles. The van der Waals surface area contributed by atoms with Crippen LogP contribution in [0.1, 0.15) is 44.7 Å². The molecule has 9 nitrogen and oxygen atoms in total. The Morgan fingerprint density at radius 1 is 0.881 bits per heavy atom. The van der Waals surface area contributed by atoms with Gasteiger partial charge in [-0.2, -0.15) is 0 Å². The third kappa shape index (κ3) is 7.82. The van der Waals surface area contributed by atoms with Crippen LogP contribution in [0.2, 0.25) is 0 Å². The van der Waals surface area contributed by atoms with E-state index in [1.54, 1.807) is 24.3 Å². The summed E-state index contributed by atoms with van der Waals surface area (Å²) in [7, 11) is -1.36. The molecule has 0 saturated carbocycles. The van der Waals surface area contributed by atoms with E-state index in [1.165, 1.54) is 37.3 Å². The van der Waals surface area contributed by atoms with Gasteiger partial charge in [0.05, 0.1) is 24.8 Å². The highest BCUT2D eigenvalue weighted by atomic mass is 32.2. The van der Waals surface area contributed by atoms with Gasteiger partial charge in [-0.1, -0.05) is 61.9 Å². The number of rotatable bonds is 14. The van der Waals surface area contributed by atoms with Crippen LogP contribution in [0.25, 0.3) is 0 Å². The van der Waals surface area contributed by atoms with E-state index < -0.39 is 28.5 Å². The minimum atomic E-state index is -4.25. The second-order valence-electron chi connectivity index (χ2n) is 10.1. The van der Waals surface area contributed by atoms with Crippen LogP contribution in [-0.2, 0) is 26.2 Å². The summed E-state index contributed by atoms with van der Waals surface area (Å²) in [6.07, 6.45) is 1.09. The quantitative estimate of drug-likeness (QED) is 0.283. The smallest absolute Gasteiger partial charge is 0.264 e. The topological polar surface area (TPSA) is 105 Å². The first-order valence-electron chi connectivity index (χ1n) is 14.0. The zero-order chi connectivity index (χ0) is 30.9. The molecule has 0 heterocycles. The molecule has 3 aromatic rings. The number of methoxy groups -OCH3 is 2. The average Bonchev–Trinajstić information content (AvgIpc) is 3.00. The summed E-state index contributed by atoms with van der Waals surface area (Å²) in [5.74, 6) is -0.163. The number of nitrogens with one attached hydrogen (secondary N) is 1. The first-order valence-corrected chi connectivity index (χ1v) is 15.4. The molecule has 0 bridgehead atoms. The van der Waals surface area contributed by atoms with Crippen molar-refractivity contribution in [3.8, 4) is 11.5 Å². The van der Waals surface area contributed by atoms with Crippen molar-refractivity contribution in [1.82, 2.24) is 10.2 Å². The molecule has 0 fully saturated rings. The minimum absolute atomic E-state index is 0.0651. The van der Waals surface area contributed by atoms with Gasteiger partial charge in [0.25, 0.3) is 10.0 Å². The van der Waals surface area contributed by atoms with E-state index in [2.05, 4.69) is 5.32 Å². The third-order valence-electron chi connectivity index (χ3n) is 7.13. The molecule has 3 aromatic carbocycles. The van der Waals surface area contributed by atoms with E-state index in [4.69, 9.17) is 9.47 Å². The summed E-state index contributed by atoms with van der Waals surface area (Å²) < 4.78 is 40.0. The Morgan fingerprint density at radius 3 is 2.10 bits per heavy atom. The predicted molar refractivity (Wildman–Crippen MR) is 164 cm³/mol. The maximum atomic E-state index is 14.2. The maximum Gasteiger partial charge on any atom is 0.264 e. The highest BCUT2D eigenvalue weighted by molar-refractivity contribution is 7.92. The van der Waals surface area contributed by atoms with Crippen LogP contribution in [0.15, 0.2) is 77.7 Å². The molecular weight excluding hydrogens is 554 g/mol. The molecule has 42 heavy (non-hydrogen) atoms. The fourth-order valence-electron chi connectivity index (χ4n) is 4.48. The molecule has 2 atom stereocenters. The van der Waals surface area contributed by atoms with E-state index >= 15 is 0 Å². The van der Waals surface area contributed by atoms with Crippen LogP contribution in [0.3, 0.4) is 0 Å². The highest BCUT2D eigenvalue weighted by Crippen LogP contribution is 2.32. The van der Waals surface area contributed by atoms with Crippen molar-refractivity contribution in [1.29, 1.82) is 0 Å². The van der Waals surface area contributed by atoms with Crippen molar-refractivity contribution in [2.24, 2.45) is 0 Å². The van der Waals surface area contributed by atoms with Gasteiger partial charge in [0.2, 0.25) is 11.8 Å². The van der Waals surface area contributed by atoms with Crippen LogP contribution in [0.4, 0.5) is 5.69 Å². The zero-order valence-electron chi connectivity index (χ0n) is 25.2. The maximum absolute atomic E-state index is 14.2. The van der Waals surface area contributed by atoms with Crippen LogP contribution >= 0.6 is 0 Å². The zero-order valence-corrected chi connectivity index (χ0v) is 26.0.